The average molecular weight is 417 g/mol. The highest BCUT2D eigenvalue weighted by Gasteiger charge is 2.32. The highest BCUT2D eigenvalue weighted by Crippen LogP contribution is 2.40. The van der Waals surface area contributed by atoms with E-state index in [1.807, 2.05) is 18.2 Å². The first-order chi connectivity index (χ1) is 14.3. The second-order valence-corrected chi connectivity index (χ2v) is 6.65. The van der Waals surface area contributed by atoms with Crippen LogP contribution in [-0.2, 0) is 6.54 Å². The van der Waals surface area contributed by atoms with Crippen molar-refractivity contribution in [1.82, 2.24) is 9.97 Å². The Labute approximate surface area is 170 Å². The highest BCUT2D eigenvalue weighted by molar-refractivity contribution is 5.84. The fourth-order valence-corrected chi connectivity index (χ4v) is 3.29. The van der Waals surface area contributed by atoms with Crippen LogP contribution < -0.4 is 14.4 Å². The van der Waals surface area contributed by atoms with Crippen molar-refractivity contribution in [3.05, 3.63) is 78.1 Å². The number of imidazole rings is 1. The quantitative estimate of drug-likeness (QED) is 0.610. The summed E-state index contributed by atoms with van der Waals surface area (Å²) in [5.74, 6) is 0.890. The monoisotopic (exact) mass is 417 g/mol. The lowest BCUT2D eigenvalue weighted by Gasteiger charge is -2.33. The van der Waals surface area contributed by atoms with Gasteiger partial charge in [0, 0.05) is 23.6 Å². The molecule has 0 radical (unpaired) electrons. The van der Waals surface area contributed by atoms with Crippen LogP contribution in [0.15, 0.2) is 66.7 Å². The summed E-state index contributed by atoms with van der Waals surface area (Å²) in [6, 6.07) is 12.7. The number of fused-ring (bicyclic) bond motifs is 1. The molecule has 3 aromatic rings. The Morgan fingerprint density at radius 1 is 1.17 bits per heavy atom. The van der Waals surface area contributed by atoms with Crippen LogP contribution in [0.2, 0.25) is 0 Å². The minimum Gasteiger partial charge on any atom is -0.506 e. The second-order valence-electron chi connectivity index (χ2n) is 6.65. The van der Waals surface area contributed by atoms with Gasteiger partial charge in [-0.05, 0) is 43.3 Å². The molecule has 1 unspecified atom stereocenters. The van der Waals surface area contributed by atoms with Crippen LogP contribution in [-0.4, -0.2) is 27.5 Å². The molecule has 2 N–H and O–H groups in total. The number of aliphatic hydroxyl groups excluding tert-OH is 1. The average Bonchev–Trinajstić information content (AvgIpc) is 3.20. The Morgan fingerprint density at radius 3 is 2.57 bits per heavy atom. The number of rotatable bonds is 5. The second kappa shape index (κ2) is 7.66. The first-order valence-corrected chi connectivity index (χ1v) is 9.12. The number of halogens is 3. The minimum absolute atomic E-state index is 0.0101. The number of anilines is 1. The molecule has 156 valence electrons. The number of ether oxygens (including phenoxy) is 2. The van der Waals surface area contributed by atoms with Crippen molar-refractivity contribution in [2.75, 3.05) is 4.90 Å². The fourth-order valence-electron chi connectivity index (χ4n) is 3.29. The van der Waals surface area contributed by atoms with Gasteiger partial charge in [0.1, 0.15) is 17.3 Å². The zero-order valence-corrected chi connectivity index (χ0v) is 15.8. The number of para-hydroxylation sites is 1. The number of hydrogen-bond acceptors (Lipinski definition) is 5. The van der Waals surface area contributed by atoms with Gasteiger partial charge in [0.05, 0.1) is 12.2 Å². The van der Waals surface area contributed by atoms with Crippen molar-refractivity contribution >= 4 is 11.4 Å². The number of alkyl halides is 3. The van der Waals surface area contributed by atoms with Gasteiger partial charge in [0.2, 0.25) is 0 Å². The predicted octanol–water partition coefficient (Wildman–Crippen LogP) is 5.02. The minimum atomic E-state index is -4.77. The van der Waals surface area contributed by atoms with Crippen LogP contribution in [0, 0.1) is 0 Å². The molecule has 1 aromatic heterocycles. The van der Waals surface area contributed by atoms with E-state index in [2.05, 4.69) is 14.7 Å². The standard InChI is InChI=1S/C21H18F3N3O3/c1-13-20(28)19(16-4-2-3-5-17(16)29-13)27(12-18-25-10-11-26-18)14-6-8-15(9-7-14)30-21(22,23)24/h2-11,13,28H,12H2,1H3,(H,25,26). The summed E-state index contributed by atoms with van der Waals surface area (Å²) in [6.45, 7) is 1.96. The van der Waals surface area contributed by atoms with Gasteiger partial charge in [0.25, 0.3) is 0 Å². The van der Waals surface area contributed by atoms with Crippen molar-refractivity contribution in [2.24, 2.45) is 0 Å². The third-order valence-electron chi connectivity index (χ3n) is 4.59. The van der Waals surface area contributed by atoms with Gasteiger partial charge in [-0.3, -0.25) is 0 Å². The van der Waals surface area contributed by atoms with E-state index in [1.54, 1.807) is 30.3 Å². The Balaban J connectivity index is 1.78. The fraction of sp³-hybridized carbons (Fsp3) is 0.190. The molecular formula is C21H18F3N3O3. The molecule has 1 atom stereocenters. The number of aromatic nitrogens is 2. The molecule has 0 spiro atoms. The molecular weight excluding hydrogens is 399 g/mol. The van der Waals surface area contributed by atoms with Crippen LogP contribution in [0.1, 0.15) is 18.3 Å². The molecule has 2 aromatic carbocycles. The third-order valence-corrected chi connectivity index (χ3v) is 4.59. The van der Waals surface area contributed by atoms with Gasteiger partial charge in [-0.1, -0.05) is 12.1 Å². The Kier molecular flexibility index (Phi) is 5.03. The first kappa shape index (κ1) is 19.7. The smallest absolute Gasteiger partial charge is 0.506 e. The molecule has 30 heavy (non-hydrogen) atoms. The van der Waals surface area contributed by atoms with Crippen molar-refractivity contribution in [1.29, 1.82) is 0 Å². The number of benzene rings is 2. The summed E-state index contributed by atoms with van der Waals surface area (Å²) in [5, 5.41) is 10.9. The van der Waals surface area contributed by atoms with Gasteiger partial charge in [0.15, 0.2) is 11.9 Å². The van der Waals surface area contributed by atoms with Crippen molar-refractivity contribution in [2.45, 2.75) is 25.9 Å². The normalized spacial score (nSPS) is 16.1. The van der Waals surface area contributed by atoms with Gasteiger partial charge in [-0.25, -0.2) is 4.98 Å². The van der Waals surface area contributed by atoms with E-state index < -0.39 is 12.5 Å². The molecule has 6 nitrogen and oxygen atoms in total. The molecule has 9 heteroatoms. The first-order valence-electron chi connectivity index (χ1n) is 9.12. The summed E-state index contributed by atoms with van der Waals surface area (Å²) >= 11 is 0. The predicted molar refractivity (Wildman–Crippen MR) is 104 cm³/mol. The van der Waals surface area contributed by atoms with Crippen molar-refractivity contribution in [3.8, 4) is 11.5 Å². The van der Waals surface area contributed by atoms with Gasteiger partial charge >= 0.3 is 6.36 Å². The molecule has 0 fully saturated rings. The molecule has 0 aliphatic carbocycles. The highest BCUT2D eigenvalue weighted by atomic mass is 19.4. The van der Waals surface area contributed by atoms with Crippen LogP contribution in [0.4, 0.5) is 18.9 Å². The molecule has 1 aliphatic rings. The summed E-state index contributed by atoms with van der Waals surface area (Å²) < 4.78 is 47.2. The molecule has 1 aliphatic heterocycles. The number of nitrogens with one attached hydrogen (secondary N) is 1. The zero-order valence-electron chi connectivity index (χ0n) is 15.8. The van der Waals surface area contributed by atoms with Crippen LogP contribution in [0.5, 0.6) is 11.5 Å². The molecule has 0 saturated carbocycles. The van der Waals surface area contributed by atoms with Gasteiger partial charge in [-0.15, -0.1) is 13.2 Å². The lowest BCUT2D eigenvalue weighted by atomic mass is 10.0. The van der Waals surface area contributed by atoms with E-state index in [-0.39, 0.29) is 18.1 Å². The molecule has 0 saturated heterocycles. The van der Waals surface area contributed by atoms with E-state index >= 15 is 0 Å². The number of aliphatic hydroxyl groups is 1. The van der Waals surface area contributed by atoms with Gasteiger partial charge < -0.3 is 24.5 Å². The molecule has 2 heterocycles. The maximum atomic E-state index is 12.5. The number of nitrogens with zero attached hydrogens (tertiary/aromatic N) is 2. The maximum absolute atomic E-state index is 12.5. The maximum Gasteiger partial charge on any atom is 0.573 e. The topological polar surface area (TPSA) is 70.6 Å². The van der Waals surface area contributed by atoms with Crippen LogP contribution >= 0.6 is 0 Å². The Bertz CT molecular complexity index is 1050. The van der Waals surface area contributed by atoms with Gasteiger partial charge in [-0.2, -0.15) is 0 Å². The molecule has 0 bridgehead atoms. The third kappa shape index (κ3) is 4.05. The Hall–Kier alpha value is -3.62. The van der Waals surface area contributed by atoms with E-state index in [4.69, 9.17) is 4.74 Å². The lowest BCUT2D eigenvalue weighted by Crippen LogP contribution is -2.30. The van der Waals surface area contributed by atoms with Crippen LogP contribution in [0.3, 0.4) is 0 Å². The number of hydrogen-bond donors (Lipinski definition) is 2. The number of aromatic amines is 1. The van der Waals surface area contributed by atoms with Crippen molar-refractivity contribution in [3.63, 3.8) is 0 Å². The largest absolute Gasteiger partial charge is 0.573 e. The molecule has 4 rings (SSSR count). The Morgan fingerprint density at radius 2 is 1.90 bits per heavy atom. The summed E-state index contributed by atoms with van der Waals surface area (Å²) in [7, 11) is 0. The zero-order chi connectivity index (χ0) is 21.3. The van der Waals surface area contributed by atoms with E-state index in [1.165, 1.54) is 24.3 Å². The summed E-state index contributed by atoms with van der Waals surface area (Å²) in [5.41, 5.74) is 1.70. The summed E-state index contributed by atoms with van der Waals surface area (Å²) in [6.07, 6.45) is -2.10. The molecule has 0 amide bonds. The van der Waals surface area contributed by atoms with E-state index in [0.29, 0.717) is 28.5 Å². The van der Waals surface area contributed by atoms with E-state index in [9.17, 15) is 18.3 Å². The summed E-state index contributed by atoms with van der Waals surface area (Å²) in [4.78, 5) is 9.01. The van der Waals surface area contributed by atoms with E-state index in [0.717, 1.165) is 0 Å². The van der Waals surface area contributed by atoms with Crippen molar-refractivity contribution < 1.29 is 27.8 Å². The SMILES string of the molecule is CC1Oc2ccccc2C(N(Cc2ncc[nH]2)c2ccc(OC(F)(F)F)cc2)=C1O. The number of H-pyrrole nitrogens is 1. The van der Waals surface area contributed by atoms with Crippen LogP contribution in [0.25, 0.3) is 5.70 Å². The lowest BCUT2D eigenvalue weighted by molar-refractivity contribution is -0.274.